The van der Waals surface area contributed by atoms with Crippen LogP contribution in [-0.4, -0.2) is 16.5 Å². The molecule has 0 aromatic heterocycles. The maximum atomic E-state index is 12.0. The molecule has 0 bridgehead atoms. The van der Waals surface area contributed by atoms with E-state index in [-0.39, 0.29) is 11.6 Å². The fraction of sp³-hybridized carbons (Fsp3) is 0.412. The van der Waals surface area contributed by atoms with Crippen molar-refractivity contribution in [1.82, 2.24) is 5.43 Å². The van der Waals surface area contributed by atoms with Gasteiger partial charge in [0.1, 0.15) is 0 Å². The van der Waals surface area contributed by atoms with Crippen molar-refractivity contribution in [2.45, 2.75) is 45.4 Å². The largest absolute Gasteiger partial charge is 0.271 e. The second-order valence-electron chi connectivity index (χ2n) is 5.53. The summed E-state index contributed by atoms with van der Waals surface area (Å²) in [4.78, 5) is 22.2. The Morgan fingerprint density at radius 1 is 1.30 bits per heavy atom. The second-order valence-corrected chi connectivity index (χ2v) is 5.53. The lowest BCUT2D eigenvalue weighted by molar-refractivity contribution is -0.384. The van der Waals surface area contributed by atoms with E-state index in [1.54, 1.807) is 0 Å². The number of nitro benzene ring substituents is 1. The third-order valence-corrected chi connectivity index (χ3v) is 3.82. The van der Waals surface area contributed by atoms with Crippen molar-refractivity contribution in [1.29, 1.82) is 0 Å². The van der Waals surface area contributed by atoms with Crippen LogP contribution >= 0.6 is 0 Å². The molecule has 0 aliphatic heterocycles. The van der Waals surface area contributed by atoms with E-state index in [0.29, 0.717) is 5.56 Å². The molecule has 0 atom stereocenters. The lowest BCUT2D eigenvalue weighted by Gasteiger charge is -2.05. The van der Waals surface area contributed by atoms with Crippen molar-refractivity contribution in [3.05, 3.63) is 51.6 Å². The Hall–Kier alpha value is -2.50. The molecule has 0 radical (unpaired) electrons. The van der Waals surface area contributed by atoms with Gasteiger partial charge in [-0.1, -0.05) is 25.8 Å². The highest BCUT2D eigenvalue weighted by molar-refractivity contribution is 6.03. The van der Waals surface area contributed by atoms with Gasteiger partial charge in [0.15, 0.2) is 0 Å². The lowest BCUT2D eigenvalue weighted by Crippen LogP contribution is -2.19. The van der Waals surface area contributed by atoms with E-state index < -0.39 is 4.92 Å². The molecule has 0 spiro atoms. The van der Waals surface area contributed by atoms with E-state index in [1.165, 1.54) is 42.7 Å². The van der Waals surface area contributed by atoms with Crippen LogP contribution in [0.4, 0.5) is 5.69 Å². The Morgan fingerprint density at radius 2 is 2.04 bits per heavy atom. The summed E-state index contributed by atoms with van der Waals surface area (Å²) in [5.41, 5.74) is 5.03. The number of allylic oxidation sites excluding steroid dienone is 2. The number of carbonyl (C=O) groups excluding carboxylic acids is 1. The Balaban J connectivity index is 1.94. The summed E-state index contributed by atoms with van der Waals surface area (Å²) in [6.45, 7) is 2.17. The Kier molecular flexibility index (Phi) is 6.02. The van der Waals surface area contributed by atoms with E-state index in [4.69, 9.17) is 0 Å². The number of nitrogens with one attached hydrogen (secondary N) is 1. The van der Waals surface area contributed by atoms with Gasteiger partial charge >= 0.3 is 0 Å². The first-order valence-electron chi connectivity index (χ1n) is 7.92. The topological polar surface area (TPSA) is 84.6 Å². The molecule has 23 heavy (non-hydrogen) atoms. The predicted molar refractivity (Wildman–Crippen MR) is 89.5 cm³/mol. The fourth-order valence-corrected chi connectivity index (χ4v) is 2.52. The molecule has 0 heterocycles. The van der Waals surface area contributed by atoms with Crippen molar-refractivity contribution >= 4 is 17.3 Å². The summed E-state index contributed by atoms with van der Waals surface area (Å²) < 4.78 is 0. The first-order chi connectivity index (χ1) is 11.1. The van der Waals surface area contributed by atoms with E-state index in [1.807, 2.05) is 0 Å². The molecule has 1 aromatic carbocycles. The molecule has 0 saturated heterocycles. The van der Waals surface area contributed by atoms with Gasteiger partial charge in [0.25, 0.3) is 11.6 Å². The third kappa shape index (κ3) is 4.74. The zero-order chi connectivity index (χ0) is 16.7. The third-order valence-electron chi connectivity index (χ3n) is 3.82. The van der Waals surface area contributed by atoms with Gasteiger partial charge in [-0.25, -0.2) is 5.43 Å². The Bertz CT molecular complexity index is 633. The summed E-state index contributed by atoms with van der Waals surface area (Å²) in [5.74, 6) is -0.354. The number of non-ortho nitro benzene ring substituents is 1. The monoisotopic (exact) mass is 315 g/mol. The standard InChI is InChI=1S/C17H21N3O3/c1-2-3-4-6-13-7-5-8-16(13)18-19-17(21)14-9-11-15(12-10-14)20(22)23/h7,9-12H,2-6,8H2,1H3,(H,19,21)/b18-16-. The van der Waals surface area contributed by atoms with Gasteiger partial charge in [-0.3, -0.25) is 14.9 Å². The average molecular weight is 315 g/mol. The number of hydrazone groups is 1. The minimum Gasteiger partial charge on any atom is -0.267 e. The van der Waals surface area contributed by atoms with Crippen LogP contribution in [0, 0.1) is 10.1 Å². The predicted octanol–water partition coefficient (Wildman–Crippen LogP) is 3.98. The lowest BCUT2D eigenvalue weighted by atomic mass is 10.1. The fourth-order valence-electron chi connectivity index (χ4n) is 2.52. The number of benzene rings is 1. The van der Waals surface area contributed by atoms with Gasteiger partial charge < -0.3 is 0 Å². The summed E-state index contributed by atoms with van der Waals surface area (Å²) in [6, 6.07) is 5.49. The minimum atomic E-state index is -0.492. The Morgan fingerprint density at radius 3 is 2.70 bits per heavy atom. The highest BCUT2D eigenvalue weighted by atomic mass is 16.6. The number of carbonyl (C=O) groups is 1. The molecular weight excluding hydrogens is 294 g/mol. The highest BCUT2D eigenvalue weighted by Crippen LogP contribution is 2.21. The number of nitro groups is 1. The van der Waals surface area contributed by atoms with Crippen molar-refractivity contribution in [3.63, 3.8) is 0 Å². The smallest absolute Gasteiger partial charge is 0.267 e. The van der Waals surface area contributed by atoms with Crippen LogP contribution in [0.15, 0.2) is 41.0 Å². The zero-order valence-electron chi connectivity index (χ0n) is 13.2. The maximum Gasteiger partial charge on any atom is 0.271 e. The van der Waals surface area contributed by atoms with Gasteiger partial charge in [-0.05, 0) is 43.4 Å². The molecule has 122 valence electrons. The molecule has 1 aliphatic carbocycles. The van der Waals surface area contributed by atoms with Crippen molar-refractivity contribution in [2.24, 2.45) is 5.10 Å². The first-order valence-corrected chi connectivity index (χ1v) is 7.92. The van der Waals surface area contributed by atoms with E-state index in [0.717, 1.165) is 31.4 Å². The van der Waals surface area contributed by atoms with Gasteiger partial charge in [0.05, 0.1) is 10.6 Å². The molecule has 2 rings (SSSR count). The van der Waals surface area contributed by atoms with Gasteiger partial charge in [0.2, 0.25) is 0 Å². The SMILES string of the molecule is CCCCCC1=CCC/C1=N/NC(=O)c1ccc([N+](=O)[O-])cc1. The highest BCUT2D eigenvalue weighted by Gasteiger charge is 2.14. The van der Waals surface area contributed by atoms with Crippen LogP contribution in [0.2, 0.25) is 0 Å². The molecule has 1 aromatic rings. The summed E-state index contributed by atoms with van der Waals surface area (Å²) >= 11 is 0. The summed E-state index contributed by atoms with van der Waals surface area (Å²) in [7, 11) is 0. The molecule has 0 saturated carbocycles. The quantitative estimate of drug-likeness (QED) is 0.469. The van der Waals surface area contributed by atoms with Crippen molar-refractivity contribution in [2.75, 3.05) is 0 Å². The second kappa shape index (κ2) is 8.22. The molecule has 6 nitrogen and oxygen atoms in total. The molecule has 0 fully saturated rings. The zero-order valence-corrected chi connectivity index (χ0v) is 13.2. The average Bonchev–Trinajstić information content (AvgIpc) is 3.00. The number of unbranched alkanes of at least 4 members (excludes halogenated alkanes) is 2. The normalized spacial score (nSPS) is 15.5. The van der Waals surface area contributed by atoms with Crippen LogP contribution in [0.1, 0.15) is 55.8 Å². The number of amides is 1. The Labute approximate surface area is 135 Å². The van der Waals surface area contributed by atoms with E-state index in [2.05, 4.69) is 23.5 Å². The summed E-state index contributed by atoms with van der Waals surface area (Å²) in [6.07, 6.45) is 8.51. The van der Waals surface area contributed by atoms with Crippen molar-refractivity contribution < 1.29 is 9.72 Å². The number of hydrogen-bond donors (Lipinski definition) is 1. The minimum absolute atomic E-state index is 0.0372. The van der Waals surface area contributed by atoms with Crippen LogP contribution in [0.25, 0.3) is 0 Å². The molecule has 6 heteroatoms. The van der Waals surface area contributed by atoms with Crippen LogP contribution in [-0.2, 0) is 0 Å². The number of hydrogen-bond acceptors (Lipinski definition) is 4. The van der Waals surface area contributed by atoms with E-state index >= 15 is 0 Å². The molecule has 1 N–H and O–H groups in total. The van der Waals surface area contributed by atoms with Gasteiger partial charge in [-0.2, -0.15) is 5.10 Å². The van der Waals surface area contributed by atoms with Crippen LogP contribution in [0.3, 0.4) is 0 Å². The number of rotatable bonds is 7. The van der Waals surface area contributed by atoms with Crippen LogP contribution < -0.4 is 5.43 Å². The molecule has 1 amide bonds. The molecule has 1 aliphatic rings. The summed E-state index contributed by atoms with van der Waals surface area (Å²) in [5, 5.41) is 14.8. The van der Waals surface area contributed by atoms with Crippen LogP contribution in [0.5, 0.6) is 0 Å². The van der Waals surface area contributed by atoms with E-state index in [9.17, 15) is 14.9 Å². The molecule has 0 unspecified atom stereocenters. The van der Waals surface area contributed by atoms with Gasteiger partial charge in [0, 0.05) is 17.7 Å². The molecular formula is C17H21N3O3. The van der Waals surface area contributed by atoms with Gasteiger partial charge in [-0.15, -0.1) is 0 Å². The van der Waals surface area contributed by atoms with Crippen molar-refractivity contribution in [3.8, 4) is 0 Å². The number of nitrogens with zero attached hydrogens (tertiary/aromatic N) is 2. The first kappa shape index (κ1) is 16.9. The maximum absolute atomic E-state index is 12.0.